The van der Waals surface area contributed by atoms with Crippen molar-refractivity contribution >= 4 is 72.8 Å². The third-order valence-corrected chi connectivity index (χ3v) is 11.5. The number of ether oxygens (including phenoxy) is 4. The number of hydrogen-bond acceptors (Lipinski definition) is 10. The normalized spacial score (nSPS) is 12.7. The number of carboxylic acid groups (broad SMARTS) is 2. The molecule has 364 valence electrons. The zero-order valence-electron chi connectivity index (χ0n) is 41.1. The Hall–Kier alpha value is -2.19. The van der Waals surface area contributed by atoms with Gasteiger partial charge >= 0.3 is 60.8 Å². The number of carbonyl (C=O) groups is 4. The summed E-state index contributed by atoms with van der Waals surface area (Å²) >= 11 is 0. The Bertz CT molecular complexity index is 1320. The Kier molecular flexibility index (Phi) is 42.8. The molecule has 0 saturated carbocycles. The van der Waals surface area contributed by atoms with Crippen molar-refractivity contribution < 1.29 is 48.3 Å². The van der Waals surface area contributed by atoms with Gasteiger partial charge in [-0.1, -0.05) is 177 Å². The molecule has 4 atom stereocenters. The van der Waals surface area contributed by atoms with Crippen LogP contribution in [0.5, 0.6) is 0 Å². The molecule has 0 spiro atoms. The van der Waals surface area contributed by atoms with Crippen LogP contribution in [0.15, 0.2) is 60.7 Å². The Labute approximate surface area is 434 Å². The minimum absolute atomic E-state index is 0. The topological polar surface area (TPSA) is 151 Å². The summed E-state index contributed by atoms with van der Waals surface area (Å²) in [6.07, 6.45) is 27.4. The van der Waals surface area contributed by atoms with Crippen molar-refractivity contribution in [3.63, 3.8) is 0 Å². The Morgan fingerprint density at radius 2 is 0.708 bits per heavy atom. The van der Waals surface area contributed by atoms with Crippen LogP contribution < -0.4 is 10.2 Å². The maximum Gasteiger partial charge on any atom is 2.00 e. The molecular formula is C54H86BaO10. The van der Waals surface area contributed by atoms with Crippen LogP contribution in [0.3, 0.4) is 0 Å². The monoisotopic (exact) mass is 1030 g/mol. The van der Waals surface area contributed by atoms with Gasteiger partial charge in [0.25, 0.3) is 0 Å². The fraction of sp³-hybridized carbons (Fsp3) is 0.704. The third kappa shape index (κ3) is 40.6. The maximum atomic E-state index is 11.4. The molecule has 0 saturated heterocycles. The summed E-state index contributed by atoms with van der Waals surface area (Å²) in [5, 5.41) is 20.8. The van der Waals surface area contributed by atoms with E-state index in [2.05, 4.69) is 38.1 Å². The molecule has 0 N–H and O–H groups in total. The largest absolute Gasteiger partial charge is 2.00 e. The van der Waals surface area contributed by atoms with Crippen LogP contribution >= 0.6 is 0 Å². The fourth-order valence-electron chi connectivity index (χ4n) is 7.98. The molecule has 4 unspecified atom stereocenters. The first-order chi connectivity index (χ1) is 31.0. The second-order valence-corrected chi connectivity index (χ2v) is 17.5. The molecule has 65 heavy (non-hydrogen) atoms. The van der Waals surface area contributed by atoms with Crippen molar-refractivity contribution in [3.8, 4) is 0 Å². The molecule has 0 heterocycles. The zero-order valence-corrected chi connectivity index (χ0v) is 45.5. The van der Waals surface area contributed by atoms with Crippen molar-refractivity contribution in [1.29, 1.82) is 0 Å². The van der Waals surface area contributed by atoms with Crippen molar-refractivity contribution in [2.45, 2.75) is 245 Å². The number of aliphatic carboxylic acids is 2. The number of carbonyl (C=O) groups excluding carboxylic acids is 4. The number of hydrogen-bond donors (Lipinski definition) is 0. The minimum atomic E-state index is -0.942. The molecule has 2 aromatic rings. The molecule has 2 rings (SSSR count). The SMILES string of the molecule is CCCC(CCC(CCCCCCCCCCC(=O)[O-])OCc1ccccc1)OC(C)=O.CCCC(CCC(CCCCCCCCCCC(=O)[O-])OCc1ccccc1)OC(C)=O.[Ba+2]. The first-order valence-electron chi connectivity index (χ1n) is 25.1. The first-order valence-corrected chi connectivity index (χ1v) is 25.1. The summed E-state index contributed by atoms with van der Waals surface area (Å²) in [5.74, 6) is -2.29. The summed E-state index contributed by atoms with van der Waals surface area (Å²) in [4.78, 5) is 43.6. The predicted molar refractivity (Wildman–Crippen MR) is 258 cm³/mol. The molecule has 0 aliphatic rings. The number of unbranched alkanes of at least 4 members (excludes halogenated alkanes) is 14. The van der Waals surface area contributed by atoms with Gasteiger partial charge in [0.15, 0.2) is 0 Å². The summed E-state index contributed by atoms with van der Waals surface area (Å²) in [6, 6.07) is 20.5. The average molecular weight is 1030 g/mol. The molecule has 11 heteroatoms. The third-order valence-electron chi connectivity index (χ3n) is 11.5. The van der Waals surface area contributed by atoms with Gasteiger partial charge in [0.05, 0.1) is 25.4 Å². The van der Waals surface area contributed by atoms with Crippen molar-refractivity contribution in [1.82, 2.24) is 0 Å². The van der Waals surface area contributed by atoms with E-state index in [4.69, 9.17) is 18.9 Å². The summed E-state index contributed by atoms with van der Waals surface area (Å²) < 4.78 is 23.5. The van der Waals surface area contributed by atoms with E-state index in [-0.39, 0.29) is 98.1 Å². The zero-order chi connectivity index (χ0) is 46.9. The van der Waals surface area contributed by atoms with Crippen LogP contribution in [0.2, 0.25) is 0 Å². The minimum Gasteiger partial charge on any atom is -0.550 e. The van der Waals surface area contributed by atoms with E-state index in [0.717, 1.165) is 116 Å². The number of esters is 2. The fourth-order valence-corrected chi connectivity index (χ4v) is 7.98. The average Bonchev–Trinajstić information content (AvgIpc) is 3.26. The second kappa shape index (κ2) is 44.3. The van der Waals surface area contributed by atoms with E-state index in [9.17, 15) is 29.4 Å². The molecule has 0 aliphatic heterocycles. The quantitative estimate of drug-likeness (QED) is 0.0358. The molecule has 10 nitrogen and oxygen atoms in total. The van der Waals surface area contributed by atoms with Gasteiger partial charge in [0.1, 0.15) is 12.2 Å². The van der Waals surface area contributed by atoms with Gasteiger partial charge in [-0.05, 0) is 88.2 Å². The van der Waals surface area contributed by atoms with Gasteiger partial charge in [0.2, 0.25) is 0 Å². The van der Waals surface area contributed by atoms with Gasteiger partial charge in [-0.2, -0.15) is 0 Å². The number of carboxylic acids is 2. The van der Waals surface area contributed by atoms with Gasteiger partial charge in [0, 0.05) is 25.8 Å². The number of benzene rings is 2. The Balaban J connectivity index is 0.00000124. The van der Waals surface area contributed by atoms with Crippen LogP contribution in [0.1, 0.15) is 219 Å². The van der Waals surface area contributed by atoms with E-state index < -0.39 is 11.9 Å². The maximum absolute atomic E-state index is 11.4. The van der Waals surface area contributed by atoms with E-state index >= 15 is 0 Å². The Morgan fingerprint density at radius 1 is 0.415 bits per heavy atom. The first kappa shape index (κ1) is 62.8. The molecule has 2 aromatic carbocycles. The van der Waals surface area contributed by atoms with E-state index in [1.807, 2.05) is 36.4 Å². The van der Waals surface area contributed by atoms with E-state index in [1.54, 1.807) is 0 Å². The molecule has 0 aromatic heterocycles. The Morgan fingerprint density at radius 3 is 1.00 bits per heavy atom. The van der Waals surface area contributed by atoms with Crippen LogP contribution in [0.4, 0.5) is 0 Å². The second-order valence-electron chi connectivity index (χ2n) is 17.5. The standard InChI is InChI=1S/2C27H44O5.Ba/c2*1-3-15-26(32-23(2)28)21-20-25(31-22-24-16-11-10-12-17-24)18-13-8-6-4-5-7-9-14-19-27(29)30;/h2*10-12,16-17,25-26H,3-9,13-15,18-22H2,1-2H3,(H,29,30);/q;;+2/p-2. The van der Waals surface area contributed by atoms with E-state index in [1.165, 1.54) is 76.3 Å². The van der Waals surface area contributed by atoms with Gasteiger partial charge in [-0.15, -0.1) is 0 Å². The molecular weight excluding hydrogens is 946 g/mol. The van der Waals surface area contributed by atoms with Crippen molar-refractivity contribution in [2.24, 2.45) is 0 Å². The van der Waals surface area contributed by atoms with Crippen LogP contribution in [-0.2, 0) is 51.3 Å². The van der Waals surface area contributed by atoms with Crippen molar-refractivity contribution in [2.75, 3.05) is 0 Å². The van der Waals surface area contributed by atoms with Gasteiger partial charge < -0.3 is 38.7 Å². The van der Waals surface area contributed by atoms with Crippen LogP contribution in [0, 0.1) is 0 Å². The summed E-state index contributed by atoms with van der Waals surface area (Å²) in [5.41, 5.74) is 2.36. The molecule has 0 radical (unpaired) electrons. The molecule has 0 fully saturated rings. The predicted octanol–water partition coefficient (Wildman–Crippen LogP) is 11.1. The summed E-state index contributed by atoms with van der Waals surface area (Å²) in [6.45, 7) is 8.42. The summed E-state index contributed by atoms with van der Waals surface area (Å²) in [7, 11) is 0. The van der Waals surface area contributed by atoms with Gasteiger partial charge in [-0.3, -0.25) is 9.59 Å². The number of rotatable bonds is 40. The van der Waals surface area contributed by atoms with Crippen LogP contribution in [-0.4, -0.2) is 97.2 Å². The molecule has 0 amide bonds. The van der Waals surface area contributed by atoms with E-state index in [0.29, 0.717) is 13.2 Å². The smallest absolute Gasteiger partial charge is 0.550 e. The van der Waals surface area contributed by atoms with Gasteiger partial charge in [-0.25, -0.2) is 0 Å². The van der Waals surface area contributed by atoms with Crippen LogP contribution in [0.25, 0.3) is 0 Å². The van der Waals surface area contributed by atoms with Crippen molar-refractivity contribution in [3.05, 3.63) is 71.8 Å². The molecule has 0 aliphatic carbocycles. The molecule has 0 bridgehead atoms.